The number of halogens is 1. The molecule has 0 aromatic heterocycles. The minimum absolute atomic E-state index is 0.380. The molecule has 0 saturated heterocycles. The Bertz CT molecular complexity index is 335. The summed E-state index contributed by atoms with van der Waals surface area (Å²) >= 11 is 5.66. The van der Waals surface area contributed by atoms with Gasteiger partial charge in [-0.05, 0) is 37.8 Å². The van der Waals surface area contributed by atoms with Crippen molar-refractivity contribution in [1.82, 2.24) is 0 Å². The molecule has 0 fully saturated rings. The van der Waals surface area contributed by atoms with Crippen LogP contribution in [-0.2, 0) is 6.42 Å². The molecule has 0 saturated carbocycles. The molecule has 1 aliphatic rings. The van der Waals surface area contributed by atoms with Crippen LogP contribution in [0.2, 0.25) is 0 Å². The molecule has 1 atom stereocenters. The zero-order valence-corrected chi connectivity index (χ0v) is 9.89. The molecule has 0 bridgehead atoms. The van der Waals surface area contributed by atoms with Gasteiger partial charge in [0.2, 0.25) is 0 Å². The van der Waals surface area contributed by atoms with E-state index in [1.165, 1.54) is 17.5 Å². The number of unbranched alkanes of at least 4 members (excludes halogenated alkanes) is 1. The Hall–Kier alpha value is -0.690. The molecule has 1 aromatic rings. The molecule has 1 aromatic carbocycles. The third-order valence-corrected chi connectivity index (χ3v) is 3.13. The standard InChI is InChI=1S/C13H17ClO/c1-10-5-6-13-11(8-10)9-12(15-13)4-2-3-7-14/h5-6,8,12H,2-4,7,9H2,1H3. The van der Waals surface area contributed by atoms with Crippen molar-refractivity contribution in [2.24, 2.45) is 0 Å². The number of ether oxygens (including phenoxy) is 1. The van der Waals surface area contributed by atoms with Crippen molar-refractivity contribution in [1.29, 1.82) is 0 Å². The van der Waals surface area contributed by atoms with Crippen LogP contribution >= 0.6 is 11.6 Å². The summed E-state index contributed by atoms with van der Waals surface area (Å²) in [7, 11) is 0. The fraction of sp³-hybridized carbons (Fsp3) is 0.538. The van der Waals surface area contributed by atoms with Gasteiger partial charge in [0, 0.05) is 12.3 Å². The van der Waals surface area contributed by atoms with E-state index in [9.17, 15) is 0 Å². The van der Waals surface area contributed by atoms with Crippen molar-refractivity contribution in [3.63, 3.8) is 0 Å². The van der Waals surface area contributed by atoms with Crippen LogP contribution in [0.15, 0.2) is 18.2 Å². The number of hydrogen-bond donors (Lipinski definition) is 0. The van der Waals surface area contributed by atoms with Gasteiger partial charge in [0.15, 0.2) is 0 Å². The molecule has 1 nitrogen and oxygen atoms in total. The summed E-state index contributed by atoms with van der Waals surface area (Å²) in [4.78, 5) is 0. The van der Waals surface area contributed by atoms with Gasteiger partial charge in [-0.1, -0.05) is 17.7 Å². The summed E-state index contributed by atoms with van der Waals surface area (Å²) in [6, 6.07) is 6.43. The summed E-state index contributed by atoms with van der Waals surface area (Å²) in [6.45, 7) is 2.13. The first-order valence-corrected chi connectivity index (χ1v) is 6.15. The largest absolute Gasteiger partial charge is 0.490 e. The van der Waals surface area contributed by atoms with Gasteiger partial charge in [-0.25, -0.2) is 0 Å². The third kappa shape index (κ3) is 2.66. The number of alkyl halides is 1. The van der Waals surface area contributed by atoms with Gasteiger partial charge in [0.25, 0.3) is 0 Å². The van der Waals surface area contributed by atoms with E-state index in [-0.39, 0.29) is 0 Å². The van der Waals surface area contributed by atoms with E-state index in [4.69, 9.17) is 16.3 Å². The molecule has 2 rings (SSSR count). The van der Waals surface area contributed by atoms with Crippen molar-refractivity contribution in [3.8, 4) is 5.75 Å². The Balaban J connectivity index is 1.91. The normalized spacial score (nSPS) is 18.7. The van der Waals surface area contributed by atoms with E-state index < -0.39 is 0 Å². The Morgan fingerprint density at radius 1 is 1.40 bits per heavy atom. The highest BCUT2D eigenvalue weighted by Crippen LogP contribution is 2.31. The average molecular weight is 225 g/mol. The number of benzene rings is 1. The first-order chi connectivity index (χ1) is 7.29. The lowest BCUT2D eigenvalue weighted by Crippen LogP contribution is -2.12. The lowest BCUT2D eigenvalue weighted by molar-refractivity contribution is 0.217. The minimum atomic E-state index is 0.380. The number of fused-ring (bicyclic) bond motifs is 1. The summed E-state index contributed by atoms with van der Waals surface area (Å²) in [5.41, 5.74) is 2.68. The first-order valence-electron chi connectivity index (χ1n) is 5.62. The van der Waals surface area contributed by atoms with E-state index in [2.05, 4.69) is 25.1 Å². The molecule has 0 radical (unpaired) electrons. The van der Waals surface area contributed by atoms with E-state index in [0.717, 1.165) is 30.9 Å². The summed E-state index contributed by atoms with van der Waals surface area (Å²) < 4.78 is 5.87. The maximum absolute atomic E-state index is 5.87. The van der Waals surface area contributed by atoms with E-state index >= 15 is 0 Å². The highest BCUT2D eigenvalue weighted by atomic mass is 35.5. The zero-order valence-electron chi connectivity index (χ0n) is 9.13. The van der Waals surface area contributed by atoms with Gasteiger partial charge in [-0.2, -0.15) is 0 Å². The van der Waals surface area contributed by atoms with Crippen molar-refractivity contribution in [2.45, 2.75) is 38.7 Å². The monoisotopic (exact) mass is 224 g/mol. The molecule has 1 heterocycles. The topological polar surface area (TPSA) is 9.23 Å². The second kappa shape index (κ2) is 4.89. The molecule has 15 heavy (non-hydrogen) atoms. The number of aryl methyl sites for hydroxylation is 1. The lowest BCUT2D eigenvalue weighted by atomic mass is 10.0. The highest BCUT2D eigenvalue weighted by Gasteiger charge is 2.21. The first kappa shape index (κ1) is 10.8. The molecule has 0 N–H and O–H groups in total. The van der Waals surface area contributed by atoms with E-state index in [1.54, 1.807) is 0 Å². The van der Waals surface area contributed by atoms with Gasteiger partial charge >= 0.3 is 0 Å². The number of hydrogen-bond acceptors (Lipinski definition) is 1. The van der Waals surface area contributed by atoms with Crippen LogP contribution < -0.4 is 4.74 Å². The smallest absolute Gasteiger partial charge is 0.123 e. The van der Waals surface area contributed by atoms with Gasteiger partial charge in [-0.3, -0.25) is 0 Å². The molecule has 2 heteroatoms. The van der Waals surface area contributed by atoms with Crippen molar-refractivity contribution < 1.29 is 4.74 Å². The summed E-state index contributed by atoms with van der Waals surface area (Å²) in [5.74, 6) is 1.84. The minimum Gasteiger partial charge on any atom is -0.490 e. The molecule has 1 unspecified atom stereocenters. The molecule has 0 aliphatic carbocycles. The predicted octanol–water partition coefficient (Wildman–Crippen LogP) is 3.71. The van der Waals surface area contributed by atoms with E-state index in [1.807, 2.05) is 0 Å². The molecule has 0 amide bonds. The fourth-order valence-corrected chi connectivity index (χ4v) is 2.27. The third-order valence-electron chi connectivity index (χ3n) is 2.87. The zero-order chi connectivity index (χ0) is 10.7. The molecule has 0 spiro atoms. The van der Waals surface area contributed by atoms with E-state index in [0.29, 0.717) is 6.10 Å². The Kier molecular flexibility index (Phi) is 3.53. The molecular weight excluding hydrogens is 208 g/mol. The lowest BCUT2D eigenvalue weighted by Gasteiger charge is -2.09. The van der Waals surface area contributed by atoms with Crippen molar-refractivity contribution in [2.75, 3.05) is 5.88 Å². The SMILES string of the molecule is Cc1ccc2c(c1)CC(CCCCCl)O2. The molecule has 1 aliphatic heterocycles. The Labute approximate surface area is 96.4 Å². The Morgan fingerprint density at radius 3 is 3.07 bits per heavy atom. The second-order valence-corrected chi connectivity index (χ2v) is 4.62. The van der Waals surface area contributed by atoms with Gasteiger partial charge in [0.05, 0.1) is 0 Å². The second-order valence-electron chi connectivity index (χ2n) is 4.24. The average Bonchev–Trinajstić information content (AvgIpc) is 2.60. The van der Waals surface area contributed by atoms with Gasteiger partial charge < -0.3 is 4.74 Å². The quantitative estimate of drug-likeness (QED) is 0.560. The summed E-state index contributed by atoms with van der Waals surface area (Å²) in [5, 5.41) is 0. The van der Waals surface area contributed by atoms with Crippen LogP contribution in [0.3, 0.4) is 0 Å². The van der Waals surface area contributed by atoms with Crippen LogP contribution in [0.4, 0.5) is 0 Å². The van der Waals surface area contributed by atoms with Crippen LogP contribution in [0.1, 0.15) is 30.4 Å². The molecule has 82 valence electrons. The van der Waals surface area contributed by atoms with Crippen molar-refractivity contribution >= 4 is 11.6 Å². The molecular formula is C13H17ClO. The fourth-order valence-electron chi connectivity index (χ4n) is 2.08. The summed E-state index contributed by atoms with van der Waals surface area (Å²) in [6.07, 6.45) is 4.84. The van der Waals surface area contributed by atoms with Crippen molar-refractivity contribution in [3.05, 3.63) is 29.3 Å². The number of rotatable bonds is 4. The maximum atomic E-state index is 5.87. The van der Waals surface area contributed by atoms with Crippen LogP contribution in [0.5, 0.6) is 5.75 Å². The van der Waals surface area contributed by atoms with Gasteiger partial charge in [0.1, 0.15) is 11.9 Å². The highest BCUT2D eigenvalue weighted by molar-refractivity contribution is 6.17. The maximum Gasteiger partial charge on any atom is 0.123 e. The van der Waals surface area contributed by atoms with Gasteiger partial charge in [-0.15, -0.1) is 11.6 Å². The van der Waals surface area contributed by atoms with Crippen LogP contribution in [0, 0.1) is 6.92 Å². The van der Waals surface area contributed by atoms with Crippen LogP contribution in [-0.4, -0.2) is 12.0 Å². The predicted molar refractivity (Wildman–Crippen MR) is 63.9 cm³/mol. The van der Waals surface area contributed by atoms with Crippen LogP contribution in [0.25, 0.3) is 0 Å². The Morgan fingerprint density at radius 2 is 2.27 bits per heavy atom.